The molecular weight excluding hydrogens is 263 g/mol. The molecule has 1 aromatic rings. The van der Waals surface area contributed by atoms with Gasteiger partial charge in [-0.3, -0.25) is 4.57 Å². The van der Waals surface area contributed by atoms with Crippen LogP contribution >= 0.6 is 19.2 Å². The molecule has 1 rings (SSSR count). The van der Waals surface area contributed by atoms with Gasteiger partial charge >= 0.3 is 7.60 Å². The molecule has 0 bridgehead atoms. The number of halogens is 1. The van der Waals surface area contributed by atoms with Crippen LogP contribution < -0.4 is 5.73 Å². The summed E-state index contributed by atoms with van der Waals surface area (Å²) in [5.41, 5.74) is 6.37. The van der Waals surface area contributed by atoms with Crippen molar-refractivity contribution in [2.45, 2.75) is 19.6 Å². The lowest BCUT2D eigenvalue weighted by atomic mass is 10.3. The molecule has 17 heavy (non-hydrogen) atoms. The van der Waals surface area contributed by atoms with Gasteiger partial charge in [0.05, 0.1) is 13.2 Å². The topological polar surface area (TPSA) is 74.4 Å². The third kappa shape index (κ3) is 3.50. The lowest BCUT2D eigenvalue weighted by Crippen LogP contribution is -2.15. The second-order valence-electron chi connectivity index (χ2n) is 3.20. The standard InChI is InChI=1S/C10H16ClN2O3P/c1-3-15-17(14,16-4-2)10(12)8-6-5-7-13-9(8)11/h5-7,10H,3-4,12H2,1-2H3/t10-/m1/s1. The molecule has 0 aliphatic carbocycles. The first-order chi connectivity index (χ1) is 8.05. The van der Waals surface area contributed by atoms with Crippen molar-refractivity contribution in [3.8, 4) is 0 Å². The third-order valence-corrected chi connectivity index (χ3v) is 4.58. The molecule has 7 heteroatoms. The zero-order valence-electron chi connectivity index (χ0n) is 9.80. The molecule has 1 aromatic heterocycles. The maximum absolute atomic E-state index is 12.4. The summed E-state index contributed by atoms with van der Waals surface area (Å²) in [5.74, 6) is -0.927. The summed E-state index contributed by atoms with van der Waals surface area (Å²) in [4.78, 5) is 3.89. The third-order valence-electron chi connectivity index (χ3n) is 2.07. The second-order valence-corrected chi connectivity index (χ2v) is 5.71. The summed E-state index contributed by atoms with van der Waals surface area (Å²) in [6.45, 7) is 3.96. The Kier molecular flexibility index (Phi) is 5.56. The summed E-state index contributed by atoms with van der Waals surface area (Å²) in [6.07, 6.45) is 1.53. The van der Waals surface area contributed by atoms with E-state index < -0.39 is 13.4 Å². The highest BCUT2D eigenvalue weighted by Crippen LogP contribution is 2.58. The summed E-state index contributed by atoms with van der Waals surface area (Å²) in [7, 11) is -3.41. The number of pyridine rings is 1. The predicted molar refractivity (Wildman–Crippen MR) is 67.0 cm³/mol. The highest BCUT2D eigenvalue weighted by molar-refractivity contribution is 7.54. The van der Waals surface area contributed by atoms with Gasteiger partial charge in [0.2, 0.25) is 0 Å². The first kappa shape index (κ1) is 14.6. The molecule has 1 atom stereocenters. The van der Waals surface area contributed by atoms with E-state index in [9.17, 15) is 4.57 Å². The van der Waals surface area contributed by atoms with E-state index in [2.05, 4.69) is 4.98 Å². The monoisotopic (exact) mass is 278 g/mol. The van der Waals surface area contributed by atoms with Crippen LogP contribution in [-0.2, 0) is 13.6 Å². The fourth-order valence-corrected chi connectivity index (χ4v) is 3.32. The first-order valence-electron chi connectivity index (χ1n) is 5.30. The fraction of sp³-hybridized carbons (Fsp3) is 0.500. The van der Waals surface area contributed by atoms with Crippen LogP contribution in [0.15, 0.2) is 18.3 Å². The van der Waals surface area contributed by atoms with Crippen LogP contribution in [0.1, 0.15) is 25.2 Å². The quantitative estimate of drug-likeness (QED) is 0.639. The van der Waals surface area contributed by atoms with Gasteiger partial charge in [-0.15, -0.1) is 0 Å². The number of aromatic nitrogens is 1. The molecule has 0 aromatic carbocycles. The van der Waals surface area contributed by atoms with Gasteiger partial charge in [0.15, 0.2) is 0 Å². The second kappa shape index (κ2) is 6.47. The molecule has 2 N–H and O–H groups in total. The Bertz CT molecular complexity index is 406. The maximum atomic E-state index is 12.4. The molecule has 1 heterocycles. The number of rotatable bonds is 6. The van der Waals surface area contributed by atoms with Gasteiger partial charge in [-0.2, -0.15) is 0 Å². The molecule has 0 aliphatic rings. The van der Waals surface area contributed by atoms with E-state index in [-0.39, 0.29) is 18.4 Å². The molecule has 0 amide bonds. The van der Waals surface area contributed by atoms with Gasteiger partial charge in [0.1, 0.15) is 10.9 Å². The zero-order valence-corrected chi connectivity index (χ0v) is 11.4. The van der Waals surface area contributed by atoms with Gasteiger partial charge in [-0.05, 0) is 19.9 Å². The molecule has 0 aliphatic heterocycles. The number of nitrogens with zero attached hydrogens (tertiary/aromatic N) is 1. The average Bonchev–Trinajstić information content (AvgIpc) is 2.29. The van der Waals surface area contributed by atoms with Crippen molar-refractivity contribution in [1.82, 2.24) is 4.98 Å². The molecule has 0 saturated carbocycles. The lowest BCUT2D eigenvalue weighted by molar-refractivity contribution is 0.212. The summed E-state index contributed by atoms with van der Waals surface area (Å²) in [6, 6.07) is 3.33. The molecule has 0 fully saturated rings. The molecule has 0 unspecified atom stereocenters. The first-order valence-corrected chi connectivity index (χ1v) is 7.29. The van der Waals surface area contributed by atoms with E-state index >= 15 is 0 Å². The van der Waals surface area contributed by atoms with Gasteiger partial charge < -0.3 is 14.8 Å². The lowest BCUT2D eigenvalue weighted by Gasteiger charge is -2.23. The van der Waals surface area contributed by atoms with Crippen molar-refractivity contribution in [3.63, 3.8) is 0 Å². The molecule has 0 radical (unpaired) electrons. The van der Waals surface area contributed by atoms with E-state index in [1.54, 1.807) is 26.0 Å². The fourth-order valence-electron chi connectivity index (χ4n) is 1.35. The van der Waals surface area contributed by atoms with E-state index in [0.717, 1.165) is 0 Å². The summed E-state index contributed by atoms with van der Waals surface area (Å²) < 4.78 is 22.7. The maximum Gasteiger partial charge on any atom is 0.351 e. The molecular formula is C10H16ClN2O3P. The van der Waals surface area contributed by atoms with Gasteiger partial charge in [-0.25, -0.2) is 4.98 Å². The average molecular weight is 279 g/mol. The summed E-state index contributed by atoms with van der Waals surface area (Å²) >= 11 is 5.90. The SMILES string of the molecule is CCOP(=O)(OCC)[C@@H](N)c1cccnc1Cl. The van der Waals surface area contributed by atoms with Crippen LogP contribution in [0.25, 0.3) is 0 Å². The van der Waals surface area contributed by atoms with Crippen LogP contribution in [0.4, 0.5) is 0 Å². The van der Waals surface area contributed by atoms with E-state index in [1.165, 1.54) is 6.20 Å². The Morgan fingerprint density at radius 3 is 2.53 bits per heavy atom. The normalized spacial score (nSPS) is 13.6. The van der Waals surface area contributed by atoms with Crippen molar-refractivity contribution in [2.24, 2.45) is 5.73 Å². The number of hydrogen-bond donors (Lipinski definition) is 1. The molecule has 5 nitrogen and oxygen atoms in total. The Hall–Kier alpha value is -0.450. The smallest absolute Gasteiger partial charge is 0.314 e. The van der Waals surface area contributed by atoms with Gasteiger partial charge in [0.25, 0.3) is 0 Å². The van der Waals surface area contributed by atoms with Crippen molar-refractivity contribution in [3.05, 3.63) is 29.0 Å². The minimum atomic E-state index is -3.41. The number of nitrogens with two attached hydrogens (primary N) is 1. The van der Waals surface area contributed by atoms with Crippen molar-refractivity contribution >= 4 is 19.2 Å². The minimum absolute atomic E-state index is 0.208. The largest absolute Gasteiger partial charge is 0.351 e. The van der Waals surface area contributed by atoms with E-state index in [4.69, 9.17) is 26.4 Å². The Balaban J connectivity index is 3.04. The molecule has 96 valence electrons. The van der Waals surface area contributed by atoms with Crippen molar-refractivity contribution in [1.29, 1.82) is 0 Å². The highest BCUT2D eigenvalue weighted by atomic mass is 35.5. The molecule has 0 saturated heterocycles. The Labute approximate surface area is 106 Å². The van der Waals surface area contributed by atoms with Crippen LogP contribution in [0, 0.1) is 0 Å². The van der Waals surface area contributed by atoms with E-state index in [1.807, 2.05) is 0 Å². The van der Waals surface area contributed by atoms with Crippen molar-refractivity contribution < 1.29 is 13.6 Å². The van der Waals surface area contributed by atoms with Gasteiger partial charge in [0, 0.05) is 11.8 Å². The van der Waals surface area contributed by atoms with Crippen LogP contribution in [0.2, 0.25) is 5.15 Å². The van der Waals surface area contributed by atoms with Gasteiger partial charge in [-0.1, -0.05) is 17.7 Å². The summed E-state index contributed by atoms with van der Waals surface area (Å²) in [5, 5.41) is 0.208. The highest BCUT2D eigenvalue weighted by Gasteiger charge is 2.35. The van der Waals surface area contributed by atoms with Crippen molar-refractivity contribution in [2.75, 3.05) is 13.2 Å². The van der Waals surface area contributed by atoms with Crippen LogP contribution in [-0.4, -0.2) is 18.2 Å². The number of hydrogen-bond acceptors (Lipinski definition) is 5. The minimum Gasteiger partial charge on any atom is -0.314 e. The van der Waals surface area contributed by atoms with E-state index in [0.29, 0.717) is 5.56 Å². The van der Waals surface area contributed by atoms with Crippen LogP contribution in [0.5, 0.6) is 0 Å². The Morgan fingerprint density at radius 2 is 2.06 bits per heavy atom. The Morgan fingerprint density at radius 1 is 1.47 bits per heavy atom. The predicted octanol–water partition coefficient (Wildman–Crippen LogP) is 2.96. The molecule has 0 spiro atoms. The zero-order chi connectivity index (χ0) is 12.9. The van der Waals surface area contributed by atoms with Crippen LogP contribution in [0.3, 0.4) is 0 Å².